The summed E-state index contributed by atoms with van der Waals surface area (Å²) in [6, 6.07) is -0.0160. The molecule has 1 aliphatic rings. The number of aliphatic imine (C=N–C) groups is 1. The van der Waals surface area contributed by atoms with Crippen LogP contribution in [0, 0.1) is 0 Å². The molecule has 0 saturated heterocycles. The van der Waals surface area contributed by atoms with Gasteiger partial charge in [-0.25, -0.2) is 4.79 Å². The Hall–Kier alpha value is -0.710. The predicted octanol–water partition coefficient (Wildman–Crippen LogP) is 1.31. The third kappa shape index (κ3) is 2.20. The van der Waals surface area contributed by atoms with Gasteiger partial charge in [-0.1, -0.05) is 0 Å². The Morgan fingerprint density at radius 1 is 1.64 bits per heavy atom. The minimum absolute atomic E-state index is 0.00921. The summed E-state index contributed by atoms with van der Waals surface area (Å²) in [6.07, 6.45) is 2.93. The summed E-state index contributed by atoms with van der Waals surface area (Å²) in [5.41, 5.74) is 5.72. The lowest BCUT2D eigenvalue weighted by molar-refractivity contribution is 0.189. The quantitative estimate of drug-likeness (QED) is 0.769. The fourth-order valence-electron chi connectivity index (χ4n) is 1.62. The molecule has 14 heavy (non-hydrogen) atoms. The average molecular weight is 215 g/mol. The number of nitrogens with two attached hydrogens (primary N) is 1. The number of nitrogens with zero attached hydrogens (tertiary/aromatic N) is 2. The van der Waals surface area contributed by atoms with Gasteiger partial charge in [0.15, 0.2) is 0 Å². The number of thioether (sulfide) groups is 1. The number of carbonyl (C=O) groups excluding carboxylic acids is 1. The molecule has 2 amide bonds. The summed E-state index contributed by atoms with van der Waals surface area (Å²) in [4.78, 5) is 17.0. The van der Waals surface area contributed by atoms with E-state index in [1.165, 1.54) is 0 Å². The smallest absolute Gasteiger partial charge is 0.346 e. The molecule has 1 unspecified atom stereocenters. The van der Waals surface area contributed by atoms with Crippen LogP contribution in [0.4, 0.5) is 4.79 Å². The number of hydrogen-bond donors (Lipinski definition) is 1. The number of amidine groups is 1. The molecular formula is C9H17N3OS. The highest BCUT2D eigenvalue weighted by Crippen LogP contribution is 2.18. The van der Waals surface area contributed by atoms with Crippen LogP contribution in [0.25, 0.3) is 0 Å². The van der Waals surface area contributed by atoms with E-state index in [0.29, 0.717) is 5.84 Å². The van der Waals surface area contributed by atoms with Gasteiger partial charge >= 0.3 is 6.03 Å². The molecule has 0 aromatic carbocycles. The number of carbonyl (C=O) groups is 1. The first-order chi connectivity index (χ1) is 6.57. The first-order valence-corrected chi connectivity index (χ1v) is 6.12. The Morgan fingerprint density at radius 3 is 2.79 bits per heavy atom. The molecular weight excluding hydrogens is 198 g/mol. The topological polar surface area (TPSA) is 58.7 Å². The number of urea groups is 1. The lowest BCUT2D eigenvalue weighted by Crippen LogP contribution is -2.44. The van der Waals surface area contributed by atoms with Crippen LogP contribution in [0.1, 0.15) is 20.3 Å². The lowest BCUT2D eigenvalue weighted by atomic mass is 10.1. The van der Waals surface area contributed by atoms with Crippen molar-refractivity contribution >= 4 is 23.6 Å². The van der Waals surface area contributed by atoms with E-state index in [0.717, 1.165) is 12.2 Å². The van der Waals surface area contributed by atoms with Crippen LogP contribution in [-0.2, 0) is 0 Å². The molecule has 5 heteroatoms. The van der Waals surface area contributed by atoms with Crippen molar-refractivity contribution in [1.82, 2.24) is 4.90 Å². The van der Waals surface area contributed by atoms with E-state index in [1.807, 2.05) is 20.1 Å². The standard InChI is InChI=1S/C9H17N3OS/c1-6(2)12-7(4-5-14-3)8(10)11-9(12)13/h6-7H,4-5H2,1-3H3,(H2,10,11,13). The van der Waals surface area contributed by atoms with E-state index < -0.39 is 0 Å². The maximum absolute atomic E-state index is 11.5. The lowest BCUT2D eigenvalue weighted by Gasteiger charge is -2.27. The predicted molar refractivity (Wildman–Crippen MR) is 60.8 cm³/mol. The number of amides is 2. The van der Waals surface area contributed by atoms with E-state index in [4.69, 9.17) is 5.73 Å². The molecule has 1 atom stereocenters. The van der Waals surface area contributed by atoms with Crippen molar-refractivity contribution in [2.24, 2.45) is 10.7 Å². The van der Waals surface area contributed by atoms with Gasteiger partial charge in [-0.2, -0.15) is 16.8 Å². The molecule has 0 fully saturated rings. The summed E-state index contributed by atoms with van der Waals surface area (Å²) < 4.78 is 0. The second-order valence-electron chi connectivity index (χ2n) is 3.62. The molecule has 0 aromatic rings. The highest BCUT2D eigenvalue weighted by molar-refractivity contribution is 7.98. The summed E-state index contributed by atoms with van der Waals surface area (Å²) in [5.74, 6) is 1.47. The molecule has 0 radical (unpaired) electrons. The highest BCUT2D eigenvalue weighted by Gasteiger charge is 2.34. The number of rotatable bonds is 4. The molecule has 1 rings (SSSR count). The molecule has 4 nitrogen and oxygen atoms in total. The van der Waals surface area contributed by atoms with Crippen LogP contribution in [0.3, 0.4) is 0 Å². The monoisotopic (exact) mass is 215 g/mol. The van der Waals surface area contributed by atoms with E-state index >= 15 is 0 Å². The van der Waals surface area contributed by atoms with Crippen LogP contribution in [0.15, 0.2) is 4.99 Å². The third-order valence-corrected chi connectivity index (χ3v) is 2.92. The molecule has 0 bridgehead atoms. The second-order valence-corrected chi connectivity index (χ2v) is 4.60. The van der Waals surface area contributed by atoms with Crippen LogP contribution >= 0.6 is 11.8 Å². The van der Waals surface area contributed by atoms with Crippen molar-refractivity contribution in [3.63, 3.8) is 0 Å². The van der Waals surface area contributed by atoms with E-state index in [1.54, 1.807) is 16.7 Å². The Balaban J connectivity index is 2.69. The summed E-state index contributed by atoms with van der Waals surface area (Å²) in [6.45, 7) is 3.97. The molecule has 0 aromatic heterocycles. The Morgan fingerprint density at radius 2 is 2.29 bits per heavy atom. The Kier molecular flexibility index (Phi) is 3.80. The van der Waals surface area contributed by atoms with Crippen molar-refractivity contribution in [1.29, 1.82) is 0 Å². The molecule has 0 aliphatic carbocycles. The van der Waals surface area contributed by atoms with Crippen molar-refractivity contribution in [2.75, 3.05) is 12.0 Å². The van der Waals surface area contributed by atoms with Crippen molar-refractivity contribution in [3.05, 3.63) is 0 Å². The van der Waals surface area contributed by atoms with Gasteiger partial charge < -0.3 is 10.6 Å². The van der Waals surface area contributed by atoms with Crippen molar-refractivity contribution < 1.29 is 4.79 Å². The van der Waals surface area contributed by atoms with Gasteiger partial charge in [0.05, 0.1) is 6.04 Å². The first-order valence-electron chi connectivity index (χ1n) is 4.73. The van der Waals surface area contributed by atoms with E-state index in [9.17, 15) is 4.79 Å². The second kappa shape index (κ2) is 4.68. The van der Waals surface area contributed by atoms with Gasteiger partial charge in [-0.15, -0.1) is 0 Å². The maximum Gasteiger partial charge on any atom is 0.346 e. The van der Waals surface area contributed by atoms with E-state index in [-0.39, 0.29) is 18.1 Å². The van der Waals surface area contributed by atoms with Crippen LogP contribution in [0.2, 0.25) is 0 Å². The highest BCUT2D eigenvalue weighted by atomic mass is 32.2. The van der Waals surface area contributed by atoms with Gasteiger partial charge in [0.2, 0.25) is 0 Å². The summed E-state index contributed by atoms with van der Waals surface area (Å²) in [5, 5.41) is 0. The largest absolute Gasteiger partial charge is 0.385 e. The maximum atomic E-state index is 11.5. The fraction of sp³-hybridized carbons (Fsp3) is 0.778. The normalized spacial score (nSPS) is 22.0. The zero-order valence-corrected chi connectivity index (χ0v) is 9.67. The molecule has 80 valence electrons. The molecule has 0 saturated carbocycles. The van der Waals surface area contributed by atoms with Gasteiger partial charge in [-0.3, -0.25) is 0 Å². The summed E-state index contributed by atoms with van der Waals surface area (Å²) in [7, 11) is 0. The average Bonchev–Trinajstić information content (AvgIpc) is 2.37. The molecule has 0 spiro atoms. The minimum atomic E-state index is -0.191. The Bertz CT molecular complexity index is 252. The van der Waals surface area contributed by atoms with E-state index in [2.05, 4.69) is 4.99 Å². The van der Waals surface area contributed by atoms with Crippen LogP contribution < -0.4 is 5.73 Å². The van der Waals surface area contributed by atoms with Gasteiger partial charge in [0, 0.05) is 6.04 Å². The fourth-order valence-corrected chi connectivity index (χ4v) is 2.07. The van der Waals surface area contributed by atoms with Gasteiger partial charge in [0.1, 0.15) is 5.84 Å². The van der Waals surface area contributed by atoms with Crippen molar-refractivity contribution in [3.8, 4) is 0 Å². The Labute approximate surface area is 88.9 Å². The van der Waals surface area contributed by atoms with Gasteiger partial charge in [-0.05, 0) is 32.3 Å². The summed E-state index contributed by atoms with van der Waals surface area (Å²) >= 11 is 1.76. The first kappa shape index (κ1) is 11.4. The SMILES string of the molecule is CSCCC1C(N)=NC(=O)N1C(C)C. The molecule has 2 N–H and O–H groups in total. The zero-order chi connectivity index (χ0) is 10.7. The van der Waals surface area contributed by atoms with Crippen LogP contribution in [-0.4, -0.2) is 40.9 Å². The number of hydrogen-bond acceptors (Lipinski definition) is 3. The van der Waals surface area contributed by atoms with Crippen LogP contribution in [0.5, 0.6) is 0 Å². The van der Waals surface area contributed by atoms with Gasteiger partial charge in [0.25, 0.3) is 0 Å². The minimum Gasteiger partial charge on any atom is -0.385 e. The molecule has 1 heterocycles. The molecule has 1 aliphatic heterocycles. The van der Waals surface area contributed by atoms with Crippen molar-refractivity contribution in [2.45, 2.75) is 32.4 Å². The zero-order valence-electron chi connectivity index (χ0n) is 8.86. The third-order valence-electron chi connectivity index (χ3n) is 2.27.